The maximum Gasteiger partial charge on any atom is 0.264 e. The highest BCUT2D eigenvalue weighted by Gasteiger charge is 2.41. The maximum atomic E-state index is 12.7. The van der Waals surface area contributed by atoms with Crippen LogP contribution in [-0.2, 0) is 24.4 Å². The number of hydrogen-bond donors (Lipinski definition) is 1. The molecule has 1 N–H and O–H groups in total. The largest absolute Gasteiger partial charge is 0.358 e. The predicted molar refractivity (Wildman–Crippen MR) is 111 cm³/mol. The highest BCUT2D eigenvalue weighted by atomic mass is 32.2. The molecule has 8 nitrogen and oxygen atoms in total. The molecular weight excluding hydrogens is 422 g/mol. The second kappa shape index (κ2) is 9.01. The van der Waals surface area contributed by atoms with E-state index in [4.69, 9.17) is 12.2 Å². The van der Waals surface area contributed by atoms with Crippen LogP contribution in [0.3, 0.4) is 0 Å². The summed E-state index contributed by atoms with van der Waals surface area (Å²) in [6.45, 7) is 6.44. The lowest BCUT2D eigenvalue weighted by atomic mass is 10.3. The average molecular weight is 444 g/mol. The van der Waals surface area contributed by atoms with Gasteiger partial charge in [0.2, 0.25) is 17.7 Å². The van der Waals surface area contributed by atoms with Crippen LogP contribution in [0, 0.1) is 0 Å². The number of amides is 3. The summed E-state index contributed by atoms with van der Waals surface area (Å²) in [7, 11) is -3.98. The van der Waals surface area contributed by atoms with Gasteiger partial charge in [-0.25, -0.2) is 18.0 Å². The first-order valence-electron chi connectivity index (χ1n) is 8.56. The minimum Gasteiger partial charge on any atom is -0.358 e. The normalized spacial score (nSPS) is 17.0. The lowest BCUT2D eigenvalue weighted by molar-refractivity contribution is -0.121. The van der Waals surface area contributed by atoms with E-state index in [1.807, 2.05) is 23.5 Å². The molecule has 1 atom stereocenters. The number of sulfonamides is 1. The number of nitrogens with zero attached hydrogens (tertiary/aromatic N) is 2. The van der Waals surface area contributed by atoms with Crippen LogP contribution < -0.4 is 9.62 Å². The molecular formula is C17H21N3O5S3. The van der Waals surface area contributed by atoms with Gasteiger partial charge >= 0.3 is 0 Å². The van der Waals surface area contributed by atoms with E-state index in [2.05, 4.69) is 0 Å². The topological polar surface area (TPSA) is 104 Å². The zero-order valence-electron chi connectivity index (χ0n) is 15.7. The number of benzene rings is 1. The van der Waals surface area contributed by atoms with Gasteiger partial charge in [-0.2, -0.15) is 0 Å². The van der Waals surface area contributed by atoms with Gasteiger partial charge < -0.3 is 4.90 Å². The highest BCUT2D eigenvalue weighted by molar-refractivity contribution is 8.23. The van der Waals surface area contributed by atoms with Crippen LogP contribution in [0.2, 0.25) is 0 Å². The summed E-state index contributed by atoms with van der Waals surface area (Å²) in [5.74, 6) is -1.47. The molecule has 1 saturated heterocycles. The molecule has 0 aliphatic carbocycles. The second-order valence-corrected chi connectivity index (χ2v) is 9.49. The van der Waals surface area contributed by atoms with Crippen molar-refractivity contribution in [3.8, 4) is 0 Å². The van der Waals surface area contributed by atoms with E-state index in [0.717, 1.165) is 11.8 Å². The van der Waals surface area contributed by atoms with Crippen molar-refractivity contribution in [3.63, 3.8) is 0 Å². The molecule has 0 bridgehead atoms. The minimum absolute atomic E-state index is 0.0247. The van der Waals surface area contributed by atoms with Crippen molar-refractivity contribution in [1.82, 2.24) is 9.62 Å². The molecule has 1 aliphatic rings. The minimum atomic E-state index is -3.98. The number of thiocarbonyl (C=S) groups is 1. The number of carbonyl (C=O) groups excluding carboxylic acids is 3. The first-order chi connectivity index (χ1) is 13.1. The van der Waals surface area contributed by atoms with Crippen LogP contribution >= 0.6 is 24.0 Å². The summed E-state index contributed by atoms with van der Waals surface area (Å²) in [5.41, 5.74) is 0.272. The zero-order valence-corrected chi connectivity index (χ0v) is 18.1. The van der Waals surface area contributed by atoms with E-state index >= 15 is 0 Å². The van der Waals surface area contributed by atoms with Crippen molar-refractivity contribution < 1.29 is 22.8 Å². The molecule has 1 unspecified atom stereocenters. The fourth-order valence-electron chi connectivity index (χ4n) is 2.67. The molecule has 1 aromatic rings. The van der Waals surface area contributed by atoms with Crippen LogP contribution in [-0.4, -0.2) is 53.7 Å². The Morgan fingerprint density at radius 2 is 1.82 bits per heavy atom. The van der Waals surface area contributed by atoms with Crippen LogP contribution in [0.25, 0.3) is 0 Å². The predicted octanol–water partition coefficient (Wildman–Crippen LogP) is 1.50. The van der Waals surface area contributed by atoms with E-state index in [-0.39, 0.29) is 28.8 Å². The van der Waals surface area contributed by atoms with Crippen LogP contribution in [0.5, 0.6) is 0 Å². The maximum absolute atomic E-state index is 12.7. The molecule has 2 rings (SSSR count). The smallest absolute Gasteiger partial charge is 0.264 e. The number of hydrogen-bond acceptors (Lipinski definition) is 7. The summed E-state index contributed by atoms with van der Waals surface area (Å²) in [4.78, 5) is 38.9. The zero-order chi connectivity index (χ0) is 21.1. The molecule has 0 saturated carbocycles. The Labute approximate surface area is 173 Å². The fourth-order valence-corrected chi connectivity index (χ4v) is 5.35. The number of anilines is 1. The Morgan fingerprint density at radius 3 is 2.32 bits per heavy atom. The summed E-state index contributed by atoms with van der Waals surface area (Å²) >= 11 is 6.55. The van der Waals surface area contributed by atoms with Gasteiger partial charge in [-0.3, -0.25) is 14.4 Å². The Morgan fingerprint density at radius 1 is 1.25 bits per heavy atom. The summed E-state index contributed by atoms with van der Waals surface area (Å²) in [6.07, 6.45) is 0.0247. The van der Waals surface area contributed by atoms with Crippen molar-refractivity contribution in [1.29, 1.82) is 0 Å². The molecule has 11 heteroatoms. The van der Waals surface area contributed by atoms with Crippen molar-refractivity contribution in [2.45, 2.75) is 37.3 Å². The molecule has 1 aliphatic heterocycles. The lowest BCUT2D eigenvalue weighted by Gasteiger charge is -2.22. The van der Waals surface area contributed by atoms with Gasteiger partial charge in [0.25, 0.3) is 10.0 Å². The molecule has 28 heavy (non-hydrogen) atoms. The number of imide groups is 1. The second-order valence-electron chi connectivity index (χ2n) is 5.97. The van der Waals surface area contributed by atoms with Gasteiger partial charge in [-0.05, 0) is 38.1 Å². The van der Waals surface area contributed by atoms with Gasteiger partial charge in [0, 0.05) is 26.4 Å². The van der Waals surface area contributed by atoms with Crippen LogP contribution in [0.15, 0.2) is 29.2 Å². The average Bonchev–Trinajstić information content (AvgIpc) is 2.88. The van der Waals surface area contributed by atoms with E-state index in [1.54, 1.807) is 0 Å². The van der Waals surface area contributed by atoms with Crippen LogP contribution in [0.4, 0.5) is 5.69 Å². The standard InChI is InChI=1S/C17H21N3O5S3/c1-4-19(5-2)17(26)27-14-10-15(22)20(16(14)23)12-6-8-13(9-7-12)28(24,25)18-11(3)21/h6-9,14H,4-5,10H2,1-3H3,(H,18,21). The third-order valence-electron chi connectivity index (χ3n) is 4.05. The monoisotopic (exact) mass is 443 g/mol. The summed E-state index contributed by atoms with van der Waals surface area (Å²) in [6, 6.07) is 5.20. The van der Waals surface area contributed by atoms with Gasteiger partial charge in [-0.1, -0.05) is 24.0 Å². The molecule has 0 spiro atoms. The number of carbonyl (C=O) groups is 3. The SMILES string of the molecule is CCN(CC)C(=S)SC1CC(=O)N(c2ccc(S(=O)(=O)NC(C)=O)cc2)C1=O. The first-order valence-corrected chi connectivity index (χ1v) is 11.3. The highest BCUT2D eigenvalue weighted by Crippen LogP contribution is 2.31. The number of rotatable bonds is 6. The Bertz CT molecular complexity index is 895. The summed E-state index contributed by atoms with van der Waals surface area (Å²) < 4.78 is 26.4. The Hall–Kier alpha value is -1.98. The summed E-state index contributed by atoms with van der Waals surface area (Å²) in [5, 5.41) is -0.608. The van der Waals surface area contributed by atoms with Gasteiger partial charge in [-0.15, -0.1) is 0 Å². The quantitative estimate of drug-likeness (QED) is 0.521. The molecule has 1 heterocycles. The van der Waals surface area contributed by atoms with Gasteiger partial charge in [0.1, 0.15) is 9.57 Å². The van der Waals surface area contributed by atoms with Gasteiger partial charge in [0.05, 0.1) is 10.6 Å². The number of thioether (sulfide) groups is 1. The molecule has 0 radical (unpaired) electrons. The molecule has 1 aromatic carbocycles. The Kier molecular flexibility index (Phi) is 7.18. The van der Waals surface area contributed by atoms with E-state index in [1.165, 1.54) is 36.0 Å². The van der Waals surface area contributed by atoms with Crippen molar-refractivity contribution in [2.75, 3.05) is 18.0 Å². The van der Waals surface area contributed by atoms with Crippen molar-refractivity contribution in [2.24, 2.45) is 0 Å². The molecule has 0 aromatic heterocycles. The molecule has 1 fully saturated rings. The van der Waals surface area contributed by atoms with Crippen molar-refractivity contribution in [3.05, 3.63) is 24.3 Å². The van der Waals surface area contributed by atoms with E-state index in [9.17, 15) is 22.8 Å². The van der Waals surface area contributed by atoms with Crippen LogP contribution in [0.1, 0.15) is 27.2 Å². The number of nitrogens with one attached hydrogen (secondary N) is 1. The van der Waals surface area contributed by atoms with E-state index in [0.29, 0.717) is 17.4 Å². The first kappa shape index (κ1) is 22.3. The Balaban J connectivity index is 2.17. The third-order valence-corrected chi connectivity index (χ3v) is 7.16. The molecule has 152 valence electrons. The fraction of sp³-hybridized carbons (Fsp3) is 0.412. The third kappa shape index (κ3) is 4.89. The van der Waals surface area contributed by atoms with Crippen molar-refractivity contribution >= 4 is 61.7 Å². The lowest BCUT2D eigenvalue weighted by Crippen LogP contribution is -2.33. The van der Waals surface area contributed by atoms with Gasteiger partial charge in [0.15, 0.2) is 0 Å². The molecule has 3 amide bonds. The van der Waals surface area contributed by atoms with E-state index < -0.39 is 21.2 Å².